The first-order valence-corrected chi connectivity index (χ1v) is 5.81. The van der Waals surface area contributed by atoms with E-state index in [0.717, 1.165) is 0 Å². The molecule has 2 rings (SSSR count). The van der Waals surface area contributed by atoms with E-state index in [4.69, 9.17) is 9.47 Å². The number of carbonyl (C=O) groups excluding carboxylic acids is 1. The van der Waals surface area contributed by atoms with Gasteiger partial charge in [-0.05, 0) is 12.1 Å². The fourth-order valence-electron chi connectivity index (χ4n) is 1.44. The van der Waals surface area contributed by atoms with E-state index in [9.17, 15) is 4.79 Å². The average molecular weight is 249 g/mol. The van der Waals surface area contributed by atoms with E-state index in [0.29, 0.717) is 22.1 Å². The molecule has 0 amide bonds. The number of ether oxygens (including phenoxy) is 2. The molecule has 0 aliphatic carbocycles. The minimum absolute atomic E-state index is 0.157. The summed E-state index contributed by atoms with van der Waals surface area (Å²) >= 11 is 1.29. The van der Waals surface area contributed by atoms with Gasteiger partial charge in [0, 0.05) is 11.6 Å². The normalized spacial score (nSPS) is 10.0. The molecule has 0 N–H and O–H groups in total. The second kappa shape index (κ2) is 4.97. The van der Waals surface area contributed by atoms with E-state index < -0.39 is 0 Å². The Hall–Kier alpha value is -1.88. The summed E-state index contributed by atoms with van der Waals surface area (Å²) in [5.74, 6) is 0.876. The Balaban J connectivity index is 2.41. The number of rotatable bonds is 4. The molecule has 0 unspecified atom stereocenters. The van der Waals surface area contributed by atoms with E-state index in [-0.39, 0.29) is 5.78 Å². The number of pyridine rings is 1. The Labute approximate surface area is 103 Å². The molecule has 2 heterocycles. The first kappa shape index (κ1) is 11.6. The molecule has 0 fully saturated rings. The molecule has 0 aromatic carbocycles. The van der Waals surface area contributed by atoms with E-state index in [1.54, 1.807) is 36.9 Å². The molecule has 0 aliphatic rings. The third kappa shape index (κ3) is 2.14. The van der Waals surface area contributed by atoms with Crippen LogP contribution in [0.5, 0.6) is 11.5 Å². The lowest BCUT2D eigenvalue weighted by Crippen LogP contribution is -2.03. The van der Waals surface area contributed by atoms with Crippen molar-refractivity contribution in [3.8, 4) is 11.5 Å². The van der Waals surface area contributed by atoms with E-state index >= 15 is 0 Å². The number of aromatic nitrogens is 1. The van der Waals surface area contributed by atoms with E-state index in [1.165, 1.54) is 18.4 Å². The summed E-state index contributed by atoms with van der Waals surface area (Å²) < 4.78 is 10.3. The van der Waals surface area contributed by atoms with Crippen molar-refractivity contribution in [3.05, 3.63) is 40.3 Å². The monoisotopic (exact) mass is 249 g/mol. The van der Waals surface area contributed by atoms with Gasteiger partial charge < -0.3 is 9.47 Å². The van der Waals surface area contributed by atoms with Crippen molar-refractivity contribution < 1.29 is 14.3 Å². The molecular formula is C12H11NO3S. The summed E-state index contributed by atoms with van der Waals surface area (Å²) in [6, 6.07) is 5.22. The molecular weight excluding hydrogens is 238 g/mol. The molecule has 0 spiro atoms. The molecule has 0 aliphatic heterocycles. The van der Waals surface area contributed by atoms with Crippen LogP contribution in [0.25, 0.3) is 0 Å². The van der Waals surface area contributed by atoms with Gasteiger partial charge in [-0.15, -0.1) is 11.3 Å². The first-order valence-electron chi connectivity index (χ1n) is 4.93. The summed E-state index contributed by atoms with van der Waals surface area (Å²) in [6.07, 6.45) is 1.59. The number of ketones is 1. The third-order valence-corrected chi connectivity index (χ3v) is 3.18. The molecule has 0 bridgehead atoms. The molecule has 0 saturated carbocycles. The molecule has 0 atom stereocenters. The zero-order valence-electron chi connectivity index (χ0n) is 9.47. The van der Waals surface area contributed by atoms with Crippen molar-refractivity contribution in [2.45, 2.75) is 0 Å². The zero-order valence-corrected chi connectivity index (χ0v) is 10.3. The minimum atomic E-state index is -0.157. The Kier molecular flexibility index (Phi) is 3.39. The lowest BCUT2D eigenvalue weighted by atomic mass is 10.2. The molecule has 0 radical (unpaired) electrons. The Bertz CT molecular complexity index is 522. The van der Waals surface area contributed by atoms with Crippen LogP contribution in [-0.4, -0.2) is 25.0 Å². The van der Waals surface area contributed by atoms with Gasteiger partial charge in [0.25, 0.3) is 0 Å². The largest absolute Gasteiger partial charge is 0.492 e. The summed E-state index contributed by atoms with van der Waals surface area (Å²) in [4.78, 5) is 16.7. The quantitative estimate of drug-likeness (QED) is 0.781. The first-order chi connectivity index (χ1) is 8.27. The van der Waals surface area contributed by atoms with E-state index in [1.807, 2.05) is 0 Å². The summed E-state index contributed by atoms with van der Waals surface area (Å²) in [7, 11) is 3.05. The molecule has 4 nitrogen and oxygen atoms in total. The highest BCUT2D eigenvalue weighted by Crippen LogP contribution is 2.37. The van der Waals surface area contributed by atoms with Gasteiger partial charge in [0.1, 0.15) is 10.6 Å². The summed E-state index contributed by atoms with van der Waals surface area (Å²) in [5.41, 5.74) is 0.398. The van der Waals surface area contributed by atoms with Crippen molar-refractivity contribution in [1.82, 2.24) is 4.98 Å². The second-order valence-corrected chi connectivity index (χ2v) is 4.09. The maximum absolute atomic E-state index is 12.2. The number of hydrogen-bond acceptors (Lipinski definition) is 5. The van der Waals surface area contributed by atoms with Crippen LogP contribution in [-0.2, 0) is 0 Å². The van der Waals surface area contributed by atoms with Gasteiger partial charge >= 0.3 is 0 Å². The van der Waals surface area contributed by atoms with Crippen LogP contribution in [0, 0.1) is 0 Å². The number of hydrogen-bond donors (Lipinski definition) is 0. The molecule has 88 valence electrons. The zero-order chi connectivity index (χ0) is 12.3. The summed E-state index contributed by atoms with van der Waals surface area (Å²) in [6.45, 7) is 0. The highest BCUT2D eigenvalue weighted by Gasteiger charge is 2.21. The number of nitrogens with zero attached hydrogens (tertiary/aromatic N) is 1. The highest BCUT2D eigenvalue weighted by atomic mass is 32.1. The van der Waals surface area contributed by atoms with Crippen molar-refractivity contribution >= 4 is 17.1 Å². The highest BCUT2D eigenvalue weighted by molar-refractivity contribution is 7.13. The molecule has 17 heavy (non-hydrogen) atoms. The Morgan fingerprint density at radius 2 is 2.12 bits per heavy atom. The van der Waals surface area contributed by atoms with Crippen molar-refractivity contribution in [2.24, 2.45) is 0 Å². The van der Waals surface area contributed by atoms with Crippen LogP contribution in [0.4, 0.5) is 0 Å². The van der Waals surface area contributed by atoms with Crippen LogP contribution in [0.2, 0.25) is 0 Å². The maximum Gasteiger partial charge on any atom is 0.225 e. The van der Waals surface area contributed by atoms with Gasteiger partial charge in [-0.25, -0.2) is 0 Å². The lowest BCUT2D eigenvalue weighted by Gasteiger charge is -2.03. The lowest BCUT2D eigenvalue weighted by molar-refractivity contribution is 0.103. The van der Waals surface area contributed by atoms with Gasteiger partial charge in [-0.1, -0.05) is 6.07 Å². The smallest absolute Gasteiger partial charge is 0.225 e. The molecule has 2 aromatic rings. The van der Waals surface area contributed by atoms with Crippen molar-refractivity contribution in [3.63, 3.8) is 0 Å². The van der Waals surface area contributed by atoms with Crippen LogP contribution >= 0.6 is 11.3 Å². The Morgan fingerprint density at radius 1 is 1.29 bits per heavy atom. The maximum atomic E-state index is 12.2. The molecule has 2 aromatic heterocycles. The average Bonchev–Trinajstić information content (AvgIpc) is 2.81. The van der Waals surface area contributed by atoms with Crippen LogP contribution in [0.1, 0.15) is 15.4 Å². The number of thiophene rings is 1. The van der Waals surface area contributed by atoms with Crippen LogP contribution in [0.15, 0.2) is 29.8 Å². The fourth-order valence-corrected chi connectivity index (χ4v) is 2.37. The fraction of sp³-hybridized carbons (Fsp3) is 0.167. The predicted octanol–water partition coefficient (Wildman–Crippen LogP) is 2.39. The predicted molar refractivity (Wildman–Crippen MR) is 65.1 cm³/mol. The van der Waals surface area contributed by atoms with Crippen LogP contribution in [0.3, 0.4) is 0 Å². The summed E-state index contributed by atoms with van der Waals surface area (Å²) in [5, 5.41) is 1.75. The van der Waals surface area contributed by atoms with Gasteiger partial charge in [0.05, 0.1) is 14.2 Å². The molecule has 5 heteroatoms. The van der Waals surface area contributed by atoms with Gasteiger partial charge in [-0.3, -0.25) is 9.78 Å². The van der Waals surface area contributed by atoms with Gasteiger partial charge in [0.2, 0.25) is 5.78 Å². The van der Waals surface area contributed by atoms with Crippen molar-refractivity contribution in [2.75, 3.05) is 14.2 Å². The standard InChI is InChI=1S/C12H11NO3S/c1-15-9-7-17-12(11(9)16-2)10(14)8-5-3-4-6-13-8/h3-7H,1-2H3. The number of carbonyl (C=O) groups is 1. The minimum Gasteiger partial charge on any atom is -0.492 e. The SMILES string of the molecule is COc1csc(C(=O)c2ccccn2)c1OC. The second-order valence-electron chi connectivity index (χ2n) is 3.21. The number of methoxy groups -OCH3 is 2. The van der Waals surface area contributed by atoms with Crippen molar-refractivity contribution in [1.29, 1.82) is 0 Å². The van der Waals surface area contributed by atoms with Gasteiger partial charge in [-0.2, -0.15) is 0 Å². The Morgan fingerprint density at radius 3 is 2.71 bits per heavy atom. The third-order valence-electron chi connectivity index (χ3n) is 2.24. The van der Waals surface area contributed by atoms with Crippen LogP contribution < -0.4 is 9.47 Å². The molecule has 0 saturated heterocycles. The topological polar surface area (TPSA) is 48.4 Å². The van der Waals surface area contributed by atoms with Gasteiger partial charge in [0.15, 0.2) is 11.5 Å². The van der Waals surface area contributed by atoms with E-state index in [2.05, 4.69) is 4.98 Å².